The number of hydrogen-bond acceptors (Lipinski definition) is 6. The predicted octanol–water partition coefficient (Wildman–Crippen LogP) is 1.79. The molecule has 2 N–H and O–H groups in total. The third-order valence-electron chi connectivity index (χ3n) is 5.03. The Morgan fingerprint density at radius 2 is 1.97 bits per heavy atom. The van der Waals surface area contributed by atoms with Crippen LogP contribution >= 0.6 is 0 Å². The van der Waals surface area contributed by atoms with Crippen molar-refractivity contribution in [2.45, 2.75) is 19.3 Å². The normalized spacial score (nSPS) is 15.9. The van der Waals surface area contributed by atoms with Crippen LogP contribution in [-0.2, 0) is 4.79 Å². The lowest BCUT2D eigenvalue weighted by Gasteiger charge is -2.24. The standard InChI is InChI=1S/C19H15N7O3/c1-10-17-13(11-2-4-12(5-3-11)19(28)29)8-16(27)21-18(17)26(23-10)15-7-6-14-22-20-9-25(14)24-15/h2-7,9,13H,8H2,1H3,(H,21,27)(H,28,29)/t13-/m0/s1. The molecule has 0 unspecified atom stereocenters. The number of aromatic carboxylic acids is 1. The molecule has 0 radical (unpaired) electrons. The Hall–Kier alpha value is -4.08. The second-order valence-corrected chi connectivity index (χ2v) is 6.82. The maximum absolute atomic E-state index is 12.5. The molecule has 4 heterocycles. The van der Waals surface area contributed by atoms with Gasteiger partial charge in [-0.1, -0.05) is 12.1 Å². The molecule has 3 aromatic heterocycles. The summed E-state index contributed by atoms with van der Waals surface area (Å²) in [5.41, 5.74) is 3.31. The van der Waals surface area contributed by atoms with Crippen molar-refractivity contribution in [2.75, 3.05) is 5.32 Å². The molecule has 0 bridgehead atoms. The lowest BCUT2D eigenvalue weighted by molar-refractivity contribution is -0.116. The quantitative estimate of drug-likeness (QED) is 0.547. The first-order valence-electron chi connectivity index (χ1n) is 8.91. The van der Waals surface area contributed by atoms with Gasteiger partial charge in [0.15, 0.2) is 11.5 Å². The van der Waals surface area contributed by atoms with Crippen LogP contribution in [0.15, 0.2) is 42.7 Å². The molecule has 0 spiro atoms. The van der Waals surface area contributed by atoms with E-state index in [-0.39, 0.29) is 23.8 Å². The number of carboxylic acid groups (broad SMARTS) is 1. The Morgan fingerprint density at radius 3 is 2.72 bits per heavy atom. The van der Waals surface area contributed by atoms with Crippen molar-refractivity contribution in [3.63, 3.8) is 0 Å². The number of amides is 1. The first-order chi connectivity index (χ1) is 14.0. The van der Waals surface area contributed by atoms with Crippen LogP contribution in [0.1, 0.15) is 39.5 Å². The van der Waals surface area contributed by atoms with Crippen LogP contribution in [0.2, 0.25) is 0 Å². The highest BCUT2D eigenvalue weighted by atomic mass is 16.4. The smallest absolute Gasteiger partial charge is 0.335 e. The van der Waals surface area contributed by atoms with Crippen molar-refractivity contribution in [1.82, 2.24) is 29.6 Å². The predicted molar refractivity (Wildman–Crippen MR) is 101 cm³/mol. The summed E-state index contributed by atoms with van der Waals surface area (Å²) in [5.74, 6) is -0.279. The molecular formula is C19H15N7O3. The summed E-state index contributed by atoms with van der Waals surface area (Å²) in [6, 6.07) is 10.1. The van der Waals surface area contributed by atoms with Crippen LogP contribution in [0.4, 0.5) is 5.82 Å². The second kappa shape index (κ2) is 6.23. The fourth-order valence-electron chi connectivity index (χ4n) is 3.69. The van der Waals surface area contributed by atoms with E-state index in [1.54, 1.807) is 41.1 Å². The third-order valence-corrected chi connectivity index (χ3v) is 5.03. The minimum atomic E-state index is -0.988. The molecular weight excluding hydrogens is 374 g/mol. The number of nitrogens with one attached hydrogen (secondary N) is 1. The summed E-state index contributed by atoms with van der Waals surface area (Å²) in [7, 11) is 0. The Labute approximate surface area is 163 Å². The zero-order valence-electron chi connectivity index (χ0n) is 15.3. The molecule has 10 nitrogen and oxygen atoms in total. The summed E-state index contributed by atoms with van der Waals surface area (Å²) >= 11 is 0. The molecule has 1 aliphatic heterocycles. The third kappa shape index (κ3) is 2.73. The summed E-state index contributed by atoms with van der Waals surface area (Å²) < 4.78 is 3.13. The van der Waals surface area contributed by atoms with Gasteiger partial charge in [-0.25, -0.2) is 4.79 Å². The van der Waals surface area contributed by atoms with Gasteiger partial charge in [-0.05, 0) is 36.8 Å². The number of rotatable bonds is 3. The van der Waals surface area contributed by atoms with E-state index in [0.717, 1.165) is 16.8 Å². The summed E-state index contributed by atoms with van der Waals surface area (Å²) in [5, 5.41) is 28.8. The van der Waals surface area contributed by atoms with Crippen LogP contribution in [0.25, 0.3) is 11.5 Å². The second-order valence-electron chi connectivity index (χ2n) is 6.82. The fourth-order valence-corrected chi connectivity index (χ4v) is 3.69. The largest absolute Gasteiger partial charge is 0.478 e. The van der Waals surface area contributed by atoms with E-state index in [0.29, 0.717) is 17.3 Å². The molecule has 10 heteroatoms. The topological polar surface area (TPSA) is 127 Å². The van der Waals surface area contributed by atoms with Crippen LogP contribution in [0, 0.1) is 6.92 Å². The Bertz CT molecular complexity index is 1270. The molecule has 144 valence electrons. The Balaban J connectivity index is 1.63. The number of nitrogens with zero attached hydrogens (tertiary/aromatic N) is 6. The van der Waals surface area contributed by atoms with Gasteiger partial charge in [-0.3, -0.25) is 4.79 Å². The highest BCUT2D eigenvalue weighted by Crippen LogP contribution is 2.40. The average Bonchev–Trinajstić information content (AvgIpc) is 3.31. The van der Waals surface area contributed by atoms with E-state index in [9.17, 15) is 9.59 Å². The fraction of sp³-hybridized carbons (Fsp3) is 0.158. The minimum absolute atomic E-state index is 0.142. The van der Waals surface area contributed by atoms with Crippen LogP contribution in [0.3, 0.4) is 0 Å². The molecule has 1 atom stereocenters. The van der Waals surface area contributed by atoms with Crippen molar-refractivity contribution in [2.24, 2.45) is 0 Å². The van der Waals surface area contributed by atoms with Crippen molar-refractivity contribution < 1.29 is 14.7 Å². The molecule has 29 heavy (non-hydrogen) atoms. The monoisotopic (exact) mass is 389 g/mol. The first kappa shape index (κ1) is 17.0. The zero-order valence-corrected chi connectivity index (χ0v) is 15.3. The molecule has 5 rings (SSSR count). The molecule has 0 aliphatic carbocycles. The zero-order chi connectivity index (χ0) is 20.1. The highest BCUT2D eigenvalue weighted by molar-refractivity contribution is 5.95. The average molecular weight is 389 g/mol. The minimum Gasteiger partial charge on any atom is -0.478 e. The number of anilines is 1. The van der Waals surface area contributed by atoms with Gasteiger partial charge in [0.05, 0.1) is 11.3 Å². The van der Waals surface area contributed by atoms with Gasteiger partial charge in [0.2, 0.25) is 5.91 Å². The van der Waals surface area contributed by atoms with E-state index in [1.165, 1.54) is 10.8 Å². The molecule has 1 amide bonds. The lowest BCUT2D eigenvalue weighted by Crippen LogP contribution is -2.25. The lowest BCUT2D eigenvalue weighted by atomic mass is 9.85. The highest BCUT2D eigenvalue weighted by Gasteiger charge is 2.33. The number of fused-ring (bicyclic) bond motifs is 2. The maximum atomic E-state index is 12.5. The van der Waals surface area contributed by atoms with Gasteiger partial charge in [0, 0.05) is 17.9 Å². The van der Waals surface area contributed by atoms with Crippen molar-refractivity contribution in [3.05, 3.63) is 65.1 Å². The molecule has 1 aliphatic rings. The molecule has 1 aromatic carbocycles. The molecule has 0 fully saturated rings. The Morgan fingerprint density at radius 1 is 1.17 bits per heavy atom. The van der Waals surface area contributed by atoms with Gasteiger partial charge < -0.3 is 10.4 Å². The molecule has 4 aromatic rings. The number of benzene rings is 1. The number of carboxylic acids is 1. The number of aryl methyl sites for hydroxylation is 1. The SMILES string of the molecule is Cc1nn(-c2ccc3nncn3n2)c2c1[C@H](c1ccc(C(=O)O)cc1)CC(=O)N2. The number of carbonyl (C=O) groups is 2. The van der Waals surface area contributed by atoms with Crippen molar-refractivity contribution >= 4 is 23.3 Å². The number of aromatic nitrogens is 6. The summed E-state index contributed by atoms with van der Waals surface area (Å²) in [4.78, 5) is 23.6. The van der Waals surface area contributed by atoms with E-state index in [1.807, 2.05) is 6.92 Å². The van der Waals surface area contributed by atoms with Gasteiger partial charge in [0.25, 0.3) is 0 Å². The van der Waals surface area contributed by atoms with Gasteiger partial charge >= 0.3 is 5.97 Å². The van der Waals surface area contributed by atoms with E-state index in [2.05, 4.69) is 25.7 Å². The number of hydrogen-bond donors (Lipinski definition) is 2. The van der Waals surface area contributed by atoms with Crippen LogP contribution < -0.4 is 5.32 Å². The van der Waals surface area contributed by atoms with E-state index < -0.39 is 5.97 Å². The van der Waals surface area contributed by atoms with Crippen molar-refractivity contribution in [3.8, 4) is 5.82 Å². The van der Waals surface area contributed by atoms with E-state index >= 15 is 0 Å². The molecule has 0 saturated heterocycles. The number of carbonyl (C=O) groups excluding carboxylic acids is 1. The van der Waals surface area contributed by atoms with Gasteiger partial charge in [-0.2, -0.15) is 14.3 Å². The van der Waals surface area contributed by atoms with Crippen LogP contribution in [-0.4, -0.2) is 46.6 Å². The summed E-state index contributed by atoms with van der Waals surface area (Å²) in [6.07, 6.45) is 1.75. The summed E-state index contributed by atoms with van der Waals surface area (Å²) in [6.45, 7) is 1.88. The Kier molecular flexibility index (Phi) is 3.66. The van der Waals surface area contributed by atoms with E-state index in [4.69, 9.17) is 5.11 Å². The van der Waals surface area contributed by atoms with Gasteiger partial charge in [-0.15, -0.1) is 15.3 Å². The van der Waals surface area contributed by atoms with Crippen molar-refractivity contribution in [1.29, 1.82) is 0 Å². The van der Waals surface area contributed by atoms with Crippen LogP contribution in [0.5, 0.6) is 0 Å². The van der Waals surface area contributed by atoms with Gasteiger partial charge in [0.1, 0.15) is 12.1 Å². The molecule has 0 saturated carbocycles. The first-order valence-corrected chi connectivity index (χ1v) is 8.91. The maximum Gasteiger partial charge on any atom is 0.335 e.